The maximum Gasteiger partial charge on any atom is 0.0408 e. The van der Waals surface area contributed by atoms with E-state index in [2.05, 4.69) is 44.2 Å². The van der Waals surface area contributed by atoms with Crippen LogP contribution in [0, 0.1) is 0 Å². The number of hydrogen-bond donors (Lipinski definition) is 1. The first-order valence-corrected chi connectivity index (χ1v) is 7.04. The van der Waals surface area contributed by atoms with Gasteiger partial charge in [0.1, 0.15) is 0 Å². The summed E-state index contributed by atoms with van der Waals surface area (Å²) in [6.07, 6.45) is 0.807. The number of rotatable bonds is 4. The van der Waals surface area contributed by atoms with Gasteiger partial charge < -0.3 is 5.73 Å². The van der Waals surface area contributed by atoms with E-state index < -0.39 is 0 Å². The van der Waals surface area contributed by atoms with Crippen LogP contribution in [0.25, 0.3) is 0 Å². The Morgan fingerprint density at radius 3 is 2.21 bits per heavy atom. The lowest BCUT2D eigenvalue weighted by Crippen LogP contribution is -2.13. The van der Waals surface area contributed by atoms with Crippen molar-refractivity contribution in [1.29, 1.82) is 0 Å². The molecule has 2 rings (SSSR count). The van der Waals surface area contributed by atoms with Crippen LogP contribution < -0.4 is 5.73 Å². The van der Waals surface area contributed by atoms with Crippen LogP contribution in [-0.2, 0) is 6.42 Å². The van der Waals surface area contributed by atoms with Crippen LogP contribution in [0.2, 0.25) is 5.02 Å². The van der Waals surface area contributed by atoms with E-state index in [0.717, 1.165) is 11.4 Å². The molecule has 1 unspecified atom stereocenters. The van der Waals surface area contributed by atoms with E-state index in [1.165, 1.54) is 16.7 Å². The third-order valence-electron chi connectivity index (χ3n) is 3.38. The van der Waals surface area contributed by atoms with E-state index in [1.807, 2.05) is 18.2 Å². The first kappa shape index (κ1) is 14.1. The van der Waals surface area contributed by atoms with E-state index in [9.17, 15) is 0 Å². The quantitative estimate of drug-likeness (QED) is 0.858. The fraction of sp³-hybridized carbons (Fsp3) is 0.294. The Balaban J connectivity index is 2.09. The fourth-order valence-electron chi connectivity index (χ4n) is 2.16. The normalized spacial score (nSPS) is 12.7. The van der Waals surface area contributed by atoms with Crippen LogP contribution >= 0.6 is 11.6 Å². The molecule has 2 aromatic carbocycles. The highest BCUT2D eigenvalue weighted by Gasteiger charge is 2.08. The van der Waals surface area contributed by atoms with Crippen LogP contribution in [0.3, 0.4) is 0 Å². The van der Waals surface area contributed by atoms with Crippen molar-refractivity contribution in [3.8, 4) is 0 Å². The van der Waals surface area contributed by atoms with E-state index in [1.54, 1.807) is 0 Å². The molecule has 0 amide bonds. The Hall–Kier alpha value is -1.31. The summed E-state index contributed by atoms with van der Waals surface area (Å²) < 4.78 is 0. The molecule has 0 saturated heterocycles. The third-order valence-corrected chi connectivity index (χ3v) is 3.61. The van der Waals surface area contributed by atoms with Crippen LogP contribution in [0.15, 0.2) is 48.5 Å². The Bertz CT molecular complexity index is 531. The molecule has 0 saturated carbocycles. The molecule has 0 fully saturated rings. The monoisotopic (exact) mass is 273 g/mol. The second kappa shape index (κ2) is 6.23. The number of benzene rings is 2. The SMILES string of the molecule is CC(C)c1ccc(C(N)Cc2cccc(Cl)c2)cc1. The Kier molecular flexibility index (Phi) is 4.62. The maximum absolute atomic E-state index is 6.26. The lowest BCUT2D eigenvalue weighted by Gasteiger charge is -2.14. The predicted molar refractivity (Wildman–Crippen MR) is 82.6 cm³/mol. The zero-order valence-corrected chi connectivity index (χ0v) is 12.2. The molecular formula is C17H20ClN. The molecule has 2 N–H and O–H groups in total. The van der Waals surface area contributed by atoms with Crippen molar-refractivity contribution in [3.05, 3.63) is 70.2 Å². The van der Waals surface area contributed by atoms with Crippen LogP contribution in [-0.4, -0.2) is 0 Å². The van der Waals surface area contributed by atoms with Crippen molar-refractivity contribution in [1.82, 2.24) is 0 Å². The minimum Gasteiger partial charge on any atom is -0.324 e. The standard InChI is InChI=1S/C17H20ClN/c1-12(2)14-6-8-15(9-7-14)17(19)11-13-4-3-5-16(18)10-13/h3-10,12,17H,11,19H2,1-2H3. The van der Waals surface area contributed by atoms with Gasteiger partial charge in [0.05, 0.1) is 0 Å². The number of nitrogens with two attached hydrogens (primary N) is 1. The van der Waals surface area contributed by atoms with Crippen molar-refractivity contribution < 1.29 is 0 Å². The molecule has 1 atom stereocenters. The fourth-order valence-corrected chi connectivity index (χ4v) is 2.38. The van der Waals surface area contributed by atoms with Gasteiger partial charge in [-0.05, 0) is 41.2 Å². The zero-order valence-electron chi connectivity index (χ0n) is 11.4. The molecule has 0 aliphatic heterocycles. The van der Waals surface area contributed by atoms with Gasteiger partial charge in [-0.1, -0.05) is 61.8 Å². The first-order chi connectivity index (χ1) is 9.06. The van der Waals surface area contributed by atoms with Crippen molar-refractivity contribution in [2.45, 2.75) is 32.2 Å². The second-order valence-electron chi connectivity index (χ2n) is 5.26. The summed E-state index contributed by atoms with van der Waals surface area (Å²) in [5.41, 5.74) is 9.95. The second-order valence-corrected chi connectivity index (χ2v) is 5.70. The molecule has 0 radical (unpaired) electrons. The molecule has 1 nitrogen and oxygen atoms in total. The highest BCUT2D eigenvalue weighted by atomic mass is 35.5. The summed E-state index contributed by atoms with van der Waals surface area (Å²) >= 11 is 5.99. The molecule has 0 aliphatic rings. The highest BCUT2D eigenvalue weighted by molar-refractivity contribution is 6.30. The first-order valence-electron chi connectivity index (χ1n) is 6.66. The zero-order chi connectivity index (χ0) is 13.8. The molecule has 0 aliphatic carbocycles. The van der Waals surface area contributed by atoms with Crippen LogP contribution in [0.1, 0.15) is 42.5 Å². The molecular weight excluding hydrogens is 254 g/mol. The molecule has 0 spiro atoms. The van der Waals surface area contributed by atoms with Gasteiger partial charge in [-0.25, -0.2) is 0 Å². The smallest absolute Gasteiger partial charge is 0.0408 e. The summed E-state index contributed by atoms with van der Waals surface area (Å²) in [4.78, 5) is 0. The largest absolute Gasteiger partial charge is 0.324 e. The van der Waals surface area contributed by atoms with Gasteiger partial charge in [-0.2, -0.15) is 0 Å². The van der Waals surface area contributed by atoms with Crippen molar-refractivity contribution in [2.24, 2.45) is 5.73 Å². The van der Waals surface area contributed by atoms with E-state index in [-0.39, 0.29) is 6.04 Å². The summed E-state index contributed by atoms with van der Waals surface area (Å²) in [5.74, 6) is 0.554. The molecule has 0 aromatic heterocycles. The minimum atomic E-state index is 0.0136. The van der Waals surface area contributed by atoms with E-state index in [0.29, 0.717) is 5.92 Å². The van der Waals surface area contributed by atoms with Crippen molar-refractivity contribution >= 4 is 11.6 Å². The topological polar surface area (TPSA) is 26.0 Å². The van der Waals surface area contributed by atoms with Crippen LogP contribution in [0.5, 0.6) is 0 Å². The van der Waals surface area contributed by atoms with Gasteiger partial charge in [0.25, 0.3) is 0 Å². The Labute approximate surface area is 120 Å². The van der Waals surface area contributed by atoms with Gasteiger partial charge in [0.2, 0.25) is 0 Å². The molecule has 19 heavy (non-hydrogen) atoms. The van der Waals surface area contributed by atoms with Gasteiger partial charge >= 0.3 is 0 Å². The average molecular weight is 274 g/mol. The lowest BCUT2D eigenvalue weighted by molar-refractivity contribution is 0.720. The van der Waals surface area contributed by atoms with Crippen LogP contribution in [0.4, 0.5) is 0 Å². The summed E-state index contributed by atoms with van der Waals surface area (Å²) in [6.45, 7) is 4.39. The van der Waals surface area contributed by atoms with E-state index >= 15 is 0 Å². The van der Waals surface area contributed by atoms with Gasteiger partial charge in [0, 0.05) is 11.1 Å². The summed E-state index contributed by atoms with van der Waals surface area (Å²) in [6, 6.07) is 16.5. The third kappa shape index (κ3) is 3.82. The molecule has 0 bridgehead atoms. The lowest BCUT2D eigenvalue weighted by atomic mass is 9.96. The molecule has 2 heteroatoms. The molecule has 0 heterocycles. The summed E-state index contributed by atoms with van der Waals surface area (Å²) in [7, 11) is 0. The van der Waals surface area contributed by atoms with Gasteiger partial charge in [-0.3, -0.25) is 0 Å². The predicted octanol–water partition coefficient (Wildman–Crippen LogP) is 4.71. The van der Waals surface area contributed by atoms with Gasteiger partial charge in [0.15, 0.2) is 0 Å². The minimum absolute atomic E-state index is 0.0136. The average Bonchev–Trinajstić information content (AvgIpc) is 2.39. The highest BCUT2D eigenvalue weighted by Crippen LogP contribution is 2.21. The van der Waals surface area contributed by atoms with E-state index in [4.69, 9.17) is 17.3 Å². The Morgan fingerprint density at radius 1 is 1.00 bits per heavy atom. The number of hydrogen-bond acceptors (Lipinski definition) is 1. The Morgan fingerprint density at radius 2 is 1.63 bits per heavy atom. The van der Waals surface area contributed by atoms with Crippen molar-refractivity contribution in [2.75, 3.05) is 0 Å². The number of halogens is 1. The summed E-state index contributed by atoms with van der Waals surface area (Å²) in [5, 5.41) is 0.764. The molecule has 100 valence electrons. The van der Waals surface area contributed by atoms with Gasteiger partial charge in [-0.15, -0.1) is 0 Å². The van der Waals surface area contributed by atoms with Crippen molar-refractivity contribution in [3.63, 3.8) is 0 Å². The molecule has 2 aromatic rings. The maximum atomic E-state index is 6.26.